The molecule has 4 nitrogen and oxygen atoms in total. The van der Waals surface area contributed by atoms with E-state index in [1.807, 2.05) is 21.0 Å². The molecule has 0 radical (unpaired) electrons. The van der Waals surface area contributed by atoms with Crippen molar-refractivity contribution >= 4 is 0 Å². The minimum Gasteiger partial charge on any atom is -0.383 e. The van der Waals surface area contributed by atoms with E-state index in [0.29, 0.717) is 41.1 Å². The summed E-state index contributed by atoms with van der Waals surface area (Å²) in [4.78, 5) is 0. The van der Waals surface area contributed by atoms with Gasteiger partial charge in [-0.25, -0.2) is 0 Å². The quantitative estimate of drug-likeness (QED) is 0.690. The van der Waals surface area contributed by atoms with E-state index in [1.165, 1.54) is 25.7 Å². The normalized spacial score (nSPS) is 66.6. The maximum atomic E-state index is 12.2. The van der Waals surface area contributed by atoms with Crippen molar-refractivity contribution in [3.8, 4) is 0 Å². The SMILES string of the molecule is CO[C@@H]1C[C@H]2[C@@H]3C[C@]4(O)OC(C)(C)[C@@H](C)[C@]4(O)[C@@]3(C)CC[C@@H]2[C@@]2(C)CC[C@@H]3C[C@]312. The largest absolute Gasteiger partial charge is 0.383 e. The van der Waals surface area contributed by atoms with Crippen LogP contribution in [-0.4, -0.2) is 40.4 Å². The molecule has 0 bridgehead atoms. The maximum absolute atomic E-state index is 12.2. The molecule has 6 aliphatic rings. The summed E-state index contributed by atoms with van der Waals surface area (Å²) in [6, 6.07) is 0. The monoisotopic (exact) mass is 404 g/mol. The summed E-state index contributed by atoms with van der Waals surface area (Å²) in [5.41, 5.74) is -1.24. The molecule has 1 spiro atoms. The smallest absolute Gasteiger partial charge is 0.196 e. The van der Waals surface area contributed by atoms with E-state index in [0.717, 1.165) is 18.8 Å². The fraction of sp³-hybridized carbons (Fsp3) is 1.00. The predicted molar refractivity (Wildman–Crippen MR) is 110 cm³/mol. The van der Waals surface area contributed by atoms with Crippen molar-refractivity contribution in [2.45, 2.75) is 103 Å². The predicted octanol–water partition coefficient (Wildman–Crippen LogP) is 4.13. The van der Waals surface area contributed by atoms with Gasteiger partial charge in [0.25, 0.3) is 0 Å². The molecule has 1 aliphatic heterocycles. The fourth-order valence-electron chi connectivity index (χ4n) is 10.6. The molecule has 0 aromatic heterocycles. The molecule has 2 N–H and O–H groups in total. The molecule has 6 fully saturated rings. The van der Waals surface area contributed by atoms with Crippen molar-refractivity contribution in [2.24, 2.45) is 45.8 Å². The number of ether oxygens (including phenoxy) is 2. The van der Waals surface area contributed by atoms with Crippen LogP contribution in [0.15, 0.2) is 0 Å². The van der Waals surface area contributed by atoms with Crippen LogP contribution < -0.4 is 0 Å². The van der Waals surface area contributed by atoms with Gasteiger partial charge in [0.15, 0.2) is 5.79 Å². The molecule has 29 heavy (non-hydrogen) atoms. The summed E-state index contributed by atoms with van der Waals surface area (Å²) < 4.78 is 12.5. The molecule has 5 saturated carbocycles. The van der Waals surface area contributed by atoms with E-state index in [1.54, 1.807) is 0 Å². The van der Waals surface area contributed by atoms with Crippen molar-refractivity contribution in [3.05, 3.63) is 0 Å². The number of rotatable bonds is 1. The Morgan fingerprint density at radius 2 is 1.62 bits per heavy atom. The van der Waals surface area contributed by atoms with Gasteiger partial charge in [0.2, 0.25) is 0 Å². The molecule has 164 valence electrons. The fourth-order valence-corrected chi connectivity index (χ4v) is 10.6. The van der Waals surface area contributed by atoms with E-state index in [4.69, 9.17) is 9.47 Å². The second-order valence-electron chi connectivity index (χ2n) is 12.9. The molecule has 0 aromatic rings. The Balaban J connectivity index is 1.43. The Hall–Kier alpha value is -0.160. The van der Waals surface area contributed by atoms with Crippen LogP contribution in [-0.2, 0) is 9.47 Å². The highest BCUT2D eigenvalue weighted by molar-refractivity contribution is 5.30. The summed E-state index contributed by atoms with van der Waals surface area (Å²) in [5, 5.41) is 23.9. The molecule has 1 heterocycles. The third kappa shape index (κ3) is 1.76. The summed E-state index contributed by atoms with van der Waals surface area (Å²) >= 11 is 0. The Morgan fingerprint density at radius 3 is 2.28 bits per heavy atom. The van der Waals surface area contributed by atoms with Gasteiger partial charge in [-0.05, 0) is 81.5 Å². The highest BCUT2D eigenvalue weighted by atomic mass is 16.7. The first kappa shape index (κ1) is 19.5. The Bertz CT molecular complexity index is 766. The second kappa shape index (κ2) is 5.08. The first-order valence-electron chi connectivity index (χ1n) is 12.1. The lowest BCUT2D eigenvalue weighted by Gasteiger charge is -2.61. The summed E-state index contributed by atoms with van der Waals surface area (Å²) in [6.45, 7) is 10.9. The standard InChI is InChI=1S/C25H40O4/c1-14-20(2,3)29-24(26)13-18-16-11-19(28-6)23-12-15(23)7-9-21(23,4)17(16)8-10-22(18,5)25(14,24)27/h14-19,26-27H,7-13H2,1-6H3/t14-,15-,16-,17+,18+,19-,21-,22+,23+,24+,25+/m1/s1. The van der Waals surface area contributed by atoms with Crippen LogP contribution in [0.5, 0.6) is 0 Å². The van der Waals surface area contributed by atoms with Crippen molar-refractivity contribution < 1.29 is 19.7 Å². The van der Waals surface area contributed by atoms with Crippen molar-refractivity contribution in [1.82, 2.24) is 0 Å². The number of fused-ring (bicyclic) bond motifs is 6. The molecule has 0 unspecified atom stereocenters. The second-order valence-corrected chi connectivity index (χ2v) is 12.9. The zero-order valence-electron chi connectivity index (χ0n) is 19.1. The van der Waals surface area contributed by atoms with Crippen LogP contribution >= 0.6 is 0 Å². The van der Waals surface area contributed by atoms with Gasteiger partial charge in [-0.15, -0.1) is 0 Å². The van der Waals surface area contributed by atoms with Crippen molar-refractivity contribution in [1.29, 1.82) is 0 Å². The van der Waals surface area contributed by atoms with E-state index in [2.05, 4.69) is 20.8 Å². The van der Waals surface area contributed by atoms with Gasteiger partial charge in [-0.2, -0.15) is 0 Å². The molecule has 1 saturated heterocycles. The number of hydrogen-bond acceptors (Lipinski definition) is 4. The van der Waals surface area contributed by atoms with Gasteiger partial charge in [0.05, 0.1) is 11.7 Å². The lowest BCUT2D eigenvalue weighted by Crippen LogP contribution is -2.62. The third-order valence-electron chi connectivity index (χ3n) is 12.3. The maximum Gasteiger partial charge on any atom is 0.196 e. The van der Waals surface area contributed by atoms with Gasteiger partial charge in [-0.3, -0.25) is 0 Å². The van der Waals surface area contributed by atoms with Gasteiger partial charge in [0, 0.05) is 30.3 Å². The minimum atomic E-state index is -1.43. The van der Waals surface area contributed by atoms with Crippen LogP contribution in [0.25, 0.3) is 0 Å². The summed E-state index contributed by atoms with van der Waals surface area (Å²) in [5.74, 6) is 0.821. The molecular formula is C25H40O4. The number of hydrogen-bond donors (Lipinski definition) is 2. The first-order valence-corrected chi connectivity index (χ1v) is 12.1. The van der Waals surface area contributed by atoms with Gasteiger partial charge >= 0.3 is 0 Å². The third-order valence-corrected chi connectivity index (χ3v) is 12.3. The van der Waals surface area contributed by atoms with Crippen LogP contribution in [0.4, 0.5) is 0 Å². The average molecular weight is 405 g/mol. The molecular weight excluding hydrogens is 364 g/mol. The van der Waals surface area contributed by atoms with Crippen LogP contribution in [0, 0.1) is 45.8 Å². The molecule has 4 heteroatoms. The number of methoxy groups -OCH3 is 1. The highest BCUT2D eigenvalue weighted by Gasteiger charge is 2.83. The van der Waals surface area contributed by atoms with E-state index >= 15 is 0 Å². The summed E-state index contributed by atoms with van der Waals surface area (Å²) in [7, 11) is 1.91. The van der Waals surface area contributed by atoms with Crippen molar-refractivity contribution in [3.63, 3.8) is 0 Å². The van der Waals surface area contributed by atoms with Crippen LogP contribution in [0.3, 0.4) is 0 Å². The van der Waals surface area contributed by atoms with Crippen LogP contribution in [0.2, 0.25) is 0 Å². The van der Waals surface area contributed by atoms with E-state index in [9.17, 15) is 10.2 Å². The van der Waals surface area contributed by atoms with Gasteiger partial charge in [-0.1, -0.05) is 20.8 Å². The Kier molecular flexibility index (Phi) is 3.42. The Labute approximate surface area is 175 Å². The Morgan fingerprint density at radius 1 is 0.931 bits per heavy atom. The van der Waals surface area contributed by atoms with Crippen molar-refractivity contribution in [2.75, 3.05) is 7.11 Å². The zero-order valence-corrected chi connectivity index (χ0v) is 19.1. The lowest BCUT2D eigenvalue weighted by atomic mass is 9.44. The highest BCUT2D eigenvalue weighted by Crippen LogP contribution is 2.83. The summed E-state index contributed by atoms with van der Waals surface area (Å²) in [6.07, 6.45) is 8.22. The van der Waals surface area contributed by atoms with Gasteiger partial charge in [0.1, 0.15) is 5.60 Å². The van der Waals surface area contributed by atoms with Crippen LogP contribution in [0.1, 0.15) is 79.6 Å². The van der Waals surface area contributed by atoms with E-state index in [-0.39, 0.29) is 11.3 Å². The molecule has 5 aliphatic carbocycles. The molecule has 0 amide bonds. The first-order chi connectivity index (χ1) is 13.4. The minimum absolute atomic E-state index is 0.102. The molecule has 11 atom stereocenters. The number of aliphatic hydroxyl groups is 2. The zero-order chi connectivity index (χ0) is 20.8. The molecule has 6 rings (SSSR count). The average Bonchev–Trinajstić information content (AvgIpc) is 3.22. The lowest BCUT2D eigenvalue weighted by molar-refractivity contribution is -0.276. The van der Waals surface area contributed by atoms with Gasteiger partial charge < -0.3 is 19.7 Å². The molecule has 0 aromatic carbocycles. The van der Waals surface area contributed by atoms with E-state index < -0.39 is 17.0 Å². The topological polar surface area (TPSA) is 58.9 Å².